The molecule has 0 unspecified atom stereocenters. The number of rotatable bonds is 3. The number of hydrogen-bond acceptors (Lipinski definition) is 7. The fraction of sp³-hybridized carbons (Fsp3) is 0.200. The maximum atomic E-state index is 14.9. The molecule has 1 aliphatic heterocycles. The van der Waals surface area contributed by atoms with Crippen molar-refractivity contribution >= 4 is 37.6 Å². The van der Waals surface area contributed by atoms with Crippen LogP contribution in [0.4, 0.5) is 18.9 Å². The number of esters is 1. The minimum absolute atomic E-state index is 0.000168. The quantitative estimate of drug-likeness (QED) is 0.474. The van der Waals surface area contributed by atoms with Crippen molar-refractivity contribution in [2.24, 2.45) is 0 Å². The van der Waals surface area contributed by atoms with Gasteiger partial charge < -0.3 is 14.2 Å². The molecule has 0 fully saturated rings. The first kappa shape index (κ1) is 23.9. The van der Waals surface area contributed by atoms with Crippen LogP contribution in [0, 0.1) is 5.82 Å². The Morgan fingerprint density at radius 1 is 1.15 bits per heavy atom. The molecular weight excluding hydrogens is 547 g/mol. The predicted octanol–water partition coefficient (Wildman–Crippen LogP) is 4.34. The Hall–Kier alpha value is -3.26. The second-order valence-electron chi connectivity index (χ2n) is 6.96. The largest absolute Gasteiger partial charge is 0.494 e. The van der Waals surface area contributed by atoms with Crippen LogP contribution in [0.25, 0.3) is 11.1 Å². The summed E-state index contributed by atoms with van der Waals surface area (Å²) in [5.41, 5.74) is -0.595. The number of hydrogen-bond donors (Lipinski definition) is 1. The van der Waals surface area contributed by atoms with E-state index in [0.29, 0.717) is 4.68 Å². The molecule has 3 aromatic rings. The van der Waals surface area contributed by atoms with Crippen molar-refractivity contribution in [2.75, 3.05) is 18.9 Å². The fourth-order valence-electron chi connectivity index (χ4n) is 3.41. The predicted molar refractivity (Wildman–Crippen MR) is 116 cm³/mol. The van der Waals surface area contributed by atoms with Crippen LogP contribution in [0.2, 0.25) is 0 Å². The number of carbonyl (C=O) groups excluding carboxylic acids is 1. The van der Waals surface area contributed by atoms with Crippen molar-refractivity contribution in [3.05, 3.63) is 52.0 Å². The van der Waals surface area contributed by atoms with E-state index in [0.717, 1.165) is 25.4 Å². The van der Waals surface area contributed by atoms with Crippen LogP contribution in [-0.2, 0) is 21.4 Å². The lowest BCUT2D eigenvalue weighted by Gasteiger charge is -2.16. The number of cyclic esters (lactones) is 1. The molecule has 2 aromatic carbocycles. The highest BCUT2D eigenvalue weighted by Crippen LogP contribution is 2.40. The number of fused-ring (bicyclic) bond motifs is 6. The van der Waals surface area contributed by atoms with Crippen LogP contribution in [0.1, 0.15) is 22.6 Å². The van der Waals surface area contributed by atoms with Gasteiger partial charge in [-0.1, -0.05) is 0 Å². The molecule has 1 N–H and O–H groups in total. The zero-order chi connectivity index (χ0) is 24.8. The van der Waals surface area contributed by atoms with Gasteiger partial charge in [0.2, 0.25) is 0 Å². The Morgan fingerprint density at radius 2 is 1.85 bits per heavy atom. The van der Waals surface area contributed by atoms with Gasteiger partial charge in [-0.25, -0.2) is 22.3 Å². The highest BCUT2D eigenvalue weighted by molar-refractivity contribution is 9.10. The fourth-order valence-corrected chi connectivity index (χ4v) is 5.43. The second kappa shape index (κ2) is 8.83. The minimum Gasteiger partial charge on any atom is -0.494 e. The normalized spacial score (nSPS) is 14.7. The van der Waals surface area contributed by atoms with Gasteiger partial charge >= 0.3 is 12.5 Å². The van der Waals surface area contributed by atoms with Crippen LogP contribution in [0.5, 0.6) is 11.5 Å². The molecule has 0 saturated heterocycles. The van der Waals surface area contributed by atoms with E-state index in [1.54, 1.807) is 0 Å². The maximum absolute atomic E-state index is 14.9. The highest BCUT2D eigenvalue weighted by atomic mass is 79.9. The molecule has 0 spiro atoms. The first-order valence-electron chi connectivity index (χ1n) is 9.37. The Bertz CT molecular complexity index is 1410. The molecule has 14 heteroatoms. The Balaban J connectivity index is 2.02. The second-order valence-corrected chi connectivity index (χ2v) is 9.46. The van der Waals surface area contributed by atoms with Crippen LogP contribution in [0.3, 0.4) is 0 Å². The SMILES string of the molecule is COc1c(F)cc2cc1NS(=O)(=O)c1cc(cc(Br)c1OC)C(=O)OCc1nn(C(F)F)cc1-2. The van der Waals surface area contributed by atoms with Crippen molar-refractivity contribution in [3.8, 4) is 22.6 Å². The average Bonchev–Trinajstić information content (AvgIpc) is 3.20. The molecule has 0 amide bonds. The van der Waals surface area contributed by atoms with Crippen molar-refractivity contribution < 1.29 is 40.6 Å². The number of nitrogens with one attached hydrogen (secondary N) is 1. The molecule has 4 bridgehead atoms. The monoisotopic (exact) mass is 561 g/mol. The third-order valence-corrected chi connectivity index (χ3v) is 6.85. The Labute approximate surface area is 199 Å². The third-order valence-electron chi connectivity index (χ3n) is 4.89. The lowest BCUT2D eigenvalue weighted by molar-refractivity contribution is 0.0446. The number of alkyl halides is 2. The molecule has 0 aliphatic carbocycles. The van der Waals surface area contributed by atoms with Gasteiger partial charge in [-0.15, -0.1) is 0 Å². The lowest BCUT2D eigenvalue weighted by Crippen LogP contribution is -2.16. The summed E-state index contributed by atoms with van der Waals surface area (Å²) in [6.07, 6.45) is 0.937. The van der Waals surface area contributed by atoms with Gasteiger partial charge in [0.05, 0.1) is 29.9 Å². The minimum atomic E-state index is -4.48. The van der Waals surface area contributed by atoms with Gasteiger partial charge in [-0.2, -0.15) is 13.9 Å². The number of aromatic nitrogens is 2. The number of anilines is 1. The van der Waals surface area contributed by atoms with E-state index in [2.05, 4.69) is 25.8 Å². The van der Waals surface area contributed by atoms with E-state index in [9.17, 15) is 26.4 Å². The Kier molecular flexibility index (Phi) is 6.20. The molecular formula is C20H15BrF3N3O6S. The maximum Gasteiger partial charge on any atom is 0.338 e. The number of sulfonamides is 1. The summed E-state index contributed by atoms with van der Waals surface area (Å²) in [4.78, 5) is 12.2. The lowest BCUT2D eigenvalue weighted by atomic mass is 10.1. The molecule has 34 heavy (non-hydrogen) atoms. The summed E-state index contributed by atoms with van der Waals surface area (Å²) in [5, 5.41) is 3.73. The van der Waals surface area contributed by atoms with Gasteiger partial charge in [0, 0.05) is 11.8 Å². The zero-order valence-corrected chi connectivity index (χ0v) is 19.8. The van der Waals surface area contributed by atoms with E-state index < -0.39 is 45.6 Å². The third kappa shape index (κ3) is 4.18. The number of ether oxygens (including phenoxy) is 3. The first-order chi connectivity index (χ1) is 16.1. The van der Waals surface area contributed by atoms with Crippen LogP contribution in [-0.4, -0.2) is 38.4 Å². The number of methoxy groups -OCH3 is 2. The summed E-state index contributed by atoms with van der Waals surface area (Å²) < 4.78 is 86.1. The van der Waals surface area contributed by atoms with Crippen LogP contribution >= 0.6 is 15.9 Å². The standard InChI is InChI=1S/C20H15BrF3N3O6S/c1-31-17-12(21)3-10-6-16(17)34(29,30)26-14-5-9(4-13(22)18(14)32-2)11-7-27(20(23)24)25-15(11)8-33-19(10)28/h3-7,20,26H,8H2,1-2H3. The summed E-state index contributed by atoms with van der Waals surface area (Å²) in [6.45, 7) is -3.57. The van der Waals surface area contributed by atoms with E-state index >= 15 is 0 Å². The van der Waals surface area contributed by atoms with E-state index in [4.69, 9.17) is 14.2 Å². The molecule has 9 nitrogen and oxygen atoms in total. The molecule has 180 valence electrons. The summed E-state index contributed by atoms with van der Waals surface area (Å²) in [5.74, 6) is -2.48. The molecule has 1 aliphatic rings. The van der Waals surface area contributed by atoms with Gasteiger partial charge in [0.15, 0.2) is 17.3 Å². The number of carbonyl (C=O) groups is 1. The number of benzene rings is 2. The molecule has 0 radical (unpaired) electrons. The van der Waals surface area contributed by atoms with Gasteiger partial charge in [0.25, 0.3) is 10.0 Å². The summed E-state index contributed by atoms with van der Waals surface area (Å²) in [6, 6.07) is 4.45. The topological polar surface area (TPSA) is 109 Å². The van der Waals surface area contributed by atoms with Gasteiger partial charge in [-0.05, 0) is 45.8 Å². The van der Waals surface area contributed by atoms with Crippen LogP contribution in [0.15, 0.2) is 39.8 Å². The van der Waals surface area contributed by atoms with Crippen molar-refractivity contribution in [1.82, 2.24) is 9.78 Å². The smallest absolute Gasteiger partial charge is 0.338 e. The first-order valence-corrected chi connectivity index (χ1v) is 11.6. The molecule has 4 rings (SSSR count). The molecule has 1 aromatic heterocycles. The van der Waals surface area contributed by atoms with Crippen LogP contribution < -0.4 is 14.2 Å². The molecule has 0 saturated carbocycles. The zero-order valence-electron chi connectivity index (χ0n) is 17.4. The Morgan fingerprint density at radius 3 is 2.50 bits per heavy atom. The average molecular weight is 562 g/mol. The number of nitrogens with zero attached hydrogens (tertiary/aromatic N) is 2. The molecule has 0 atom stereocenters. The highest BCUT2D eigenvalue weighted by Gasteiger charge is 2.28. The van der Waals surface area contributed by atoms with Crippen molar-refractivity contribution in [2.45, 2.75) is 18.1 Å². The summed E-state index contributed by atoms with van der Waals surface area (Å²) >= 11 is 3.16. The van der Waals surface area contributed by atoms with Crippen molar-refractivity contribution in [1.29, 1.82) is 0 Å². The van der Waals surface area contributed by atoms with Gasteiger partial charge in [-0.3, -0.25) is 4.72 Å². The summed E-state index contributed by atoms with van der Waals surface area (Å²) in [7, 11) is -2.12. The van der Waals surface area contributed by atoms with Crippen molar-refractivity contribution in [3.63, 3.8) is 0 Å². The number of halogens is 4. The van der Waals surface area contributed by atoms with Gasteiger partial charge in [0.1, 0.15) is 17.2 Å². The molecule has 2 heterocycles. The van der Waals surface area contributed by atoms with E-state index in [1.807, 2.05) is 0 Å². The van der Waals surface area contributed by atoms with E-state index in [-0.39, 0.29) is 38.3 Å². The van der Waals surface area contributed by atoms with E-state index in [1.165, 1.54) is 19.2 Å².